The molecule has 0 unspecified atom stereocenters. The molecule has 0 radical (unpaired) electrons. The number of aromatic nitrogens is 2. The molecule has 9 heteroatoms. The zero-order chi connectivity index (χ0) is 24.9. The van der Waals surface area contributed by atoms with Gasteiger partial charge < -0.3 is 14.8 Å². The summed E-state index contributed by atoms with van der Waals surface area (Å²) in [6, 6.07) is 15.0. The van der Waals surface area contributed by atoms with Gasteiger partial charge in [-0.05, 0) is 69.5 Å². The Morgan fingerprint density at radius 2 is 1.68 bits per heavy atom. The van der Waals surface area contributed by atoms with E-state index in [4.69, 9.17) is 9.47 Å². The first kappa shape index (κ1) is 25.1. The van der Waals surface area contributed by atoms with Gasteiger partial charge in [-0.15, -0.1) is 0 Å². The number of carbonyl (C=O) groups is 1. The van der Waals surface area contributed by atoms with E-state index in [2.05, 4.69) is 10.4 Å². The van der Waals surface area contributed by atoms with Gasteiger partial charge in [0.05, 0.1) is 18.5 Å². The minimum Gasteiger partial charge on any atom is -0.497 e. The average Bonchev–Trinajstić information content (AvgIpc) is 3.22. The molecule has 3 rings (SSSR count). The van der Waals surface area contributed by atoms with E-state index in [0.29, 0.717) is 42.1 Å². The molecule has 6 nitrogen and oxygen atoms in total. The smallest absolute Gasteiger partial charge is 0.435 e. The van der Waals surface area contributed by atoms with Gasteiger partial charge in [-0.2, -0.15) is 18.3 Å². The first-order chi connectivity index (χ1) is 16.0. The second kappa shape index (κ2) is 10.2. The van der Waals surface area contributed by atoms with Crippen molar-refractivity contribution in [1.82, 2.24) is 15.1 Å². The molecule has 182 valence electrons. The van der Waals surface area contributed by atoms with Gasteiger partial charge in [0, 0.05) is 12.1 Å². The van der Waals surface area contributed by atoms with Gasteiger partial charge in [0.25, 0.3) is 0 Å². The number of halogens is 3. The topological polar surface area (TPSA) is 65.4 Å². The van der Waals surface area contributed by atoms with Crippen molar-refractivity contribution in [3.8, 4) is 22.7 Å². The maximum absolute atomic E-state index is 13.4. The number of aryl methyl sites for hydroxylation is 1. The highest BCUT2D eigenvalue weighted by molar-refractivity contribution is 5.67. The maximum atomic E-state index is 13.4. The summed E-state index contributed by atoms with van der Waals surface area (Å²) in [5.74, 6) is 0.596. The number of alkyl carbamates (subject to hydrolysis) is 1. The minimum absolute atomic E-state index is 0.329. The van der Waals surface area contributed by atoms with Crippen molar-refractivity contribution in [2.24, 2.45) is 0 Å². The quantitative estimate of drug-likeness (QED) is 0.424. The molecule has 0 saturated heterocycles. The normalized spacial score (nSPS) is 11.9. The van der Waals surface area contributed by atoms with Crippen LogP contribution in [0.4, 0.5) is 18.0 Å². The summed E-state index contributed by atoms with van der Waals surface area (Å²) in [5.41, 5.74) is 0.912. The lowest BCUT2D eigenvalue weighted by Gasteiger charge is -2.19. The SMILES string of the molecule is COc1ccc(-n2nc(C(F)(F)F)cc2-c2ccc(CCCNC(=O)OC(C)(C)C)cc2)cc1. The average molecular weight is 476 g/mol. The predicted molar refractivity (Wildman–Crippen MR) is 123 cm³/mol. The van der Waals surface area contributed by atoms with Crippen LogP contribution in [-0.4, -0.2) is 35.1 Å². The molecule has 2 aromatic carbocycles. The molecule has 1 amide bonds. The van der Waals surface area contributed by atoms with Gasteiger partial charge in [0.2, 0.25) is 0 Å². The Morgan fingerprint density at radius 1 is 1.03 bits per heavy atom. The minimum atomic E-state index is -4.56. The lowest BCUT2D eigenvalue weighted by molar-refractivity contribution is -0.141. The number of nitrogens with zero attached hydrogens (tertiary/aromatic N) is 2. The van der Waals surface area contributed by atoms with Gasteiger partial charge in [-0.3, -0.25) is 0 Å². The standard InChI is InChI=1S/C25H28F3N3O3/c1-24(2,3)34-23(32)29-15-5-6-17-7-9-18(10-8-17)21-16-22(25(26,27)28)30-31(21)19-11-13-20(33-4)14-12-19/h7-14,16H,5-6,15H2,1-4H3,(H,29,32). The molecule has 0 saturated carbocycles. The van der Waals surface area contributed by atoms with Crippen LogP contribution in [0.5, 0.6) is 5.75 Å². The van der Waals surface area contributed by atoms with E-state index in [1.807, 2.05) is 12.1 Å². The van der Waals surface area contributed by atoms with Gasteiger partial charge in [-0.1, -0.05) is 24.3 Å². The second-order valence-corrected chi connectivity index (χ2v) is 8.75. The summed E-state index contributed by atoms with van der Waals surface area (Å²) in [6.07, 6.45) is -3.63. The van der Waals surface area contributed by atoms with Crippen LogP contribution in [0, 0.1) is 0 Å². The number of hydrogen-bond donors (Lipinski definition) is 1. The number of carbonyl (C=O) groups excluding carboxylic acids is 1. The third-order valence-corrected chi connectivity index (χ3v) is 4.88. The van der Waals surface area contributed by atoms with E-state index in [1.165, 1.54) is 11.8 Å². The predicted octanol–water partition coefficient (Wildman–Crippen LogP) is 6.02. The van der Waals surface area contributed by atoms with E-state index in [0.717, 1.165) is 11.6 Å². The van der Waals surface area contributed by atoms with Crippen LogP contribution in [0.3, 0.4) is 0 Å². The largest absolute Gasteiger partial charge is 0.497 e. The molecule has 0 spiro atoms. The van der Waals surface area contributed by atoms with Crippen LogP contribution >= 0.6 is 0 Å². The number of alkyl halides is 3. The Morgan fingerprint density at radius 3 is 2.24 bits per heavy atom. The summed E-state index contributed by atoms with van der Waals surface area (Å²) in [4.78, 5) is 11.7. The third kappa shape index (κ3) is 6.76. The van der Waals surface area contributed by atoms with Crippen molar-refractivity contribution in [3.63, 3.8) is 0 Å². The Labute approximate surface area is 196 Å². The van der Waals surface area contributed by atoms with Crippen molar-refractivity contribution in [3.05, 3.63) is 65.9 Å². The lowest BCUT2D eigenvalue weighted by Crippen LogP contribution is -2.33. The number of hydrogen-bond acceptors (Lipinski definition) is 4. The Balaban J connectivity index is 1.73. The number of amides is 1. The Kier molecular flexibility index (Phi) is 7.54. The van der Waals surface area contributed by atoms with E-state index in [9.17, 15) is 18.0 Å². The molecule has 0 atom stereocenters. The van der Waals surface area contributed by atoms with Crippen LogP contribution in [0.2, 0.25) is 0 Å². The number of rotatable bonds is 7. The number of nitrogens with one attached hydrogen (secondary N) is 1. The molecule has 1 aromatic heterocycles. The fraction of sp³-hybridized carbons (Fsp3) is 0.360. The molecule has 0 bridgehead atoms. The van der Waals surface area contributed by atoms with Crippen LogP contribution in [0.25, 0.3) is 16.9 Å². The highest BCUT2D eigenvalue weighted by Gasteiger charge is 2.35. The maximum Gasteiger partial charge on any atom is 0.435 e. The highest BCUT2D eigenvalue weighted by Crippen LogP contribution is 2.33. The van der Waals surface area contributed by atoms with Gasteiger partial charge in [0.1, 0.15) is 11.4 Å². The van der Waals surface area contributed by atoms with E-state index >= 15 is 0 Å². The van der Waals surface area contributed by atoms with Crippen molar-refractivity contribution in [2.75, 3.05) is 13.7 Å². The monoisotopic (exact) mass is 475 g/mol. The van der Waals surface area contributed by atoms with Crippen LogP contribution in [0.15, 0.2) is 54.6 Å². The molecule has 0 fully saturated rings. The molecule has 3 aromatic rings. The van der Waals surface area contributed by atoms with Crippen molar-refractivity contribution < 1.29 is 27.4 Å². The van der Waals surface area contributed by atoms with Gasteiger partial charge in [-0.25, -0.2) is 9.48 Å². The number of benzene rings is 2. The molecule has 34 heavy (non-hydrogen) atoms. The fourth-order valence-corrected chi connectivity index (χ4v) is 3.28. The second-order valence-electron chi connectivity index (χ2n) is 8.75. The summed E-state index contributed by atoms with van der Waals surface area (Å²) >= 11 is 0. The van der Waals surface area contributed by atoms with Crippen LogP contribution in [0.1, 0.15) is 38.4 Å². The Bertz CT molecular complexity index is 1100. The van der Waals surface area contributed by atoms with Gasteiger partial charge in [0.15, 0.2) is 5.69 Å². The summed E-state index contributed by atoms with van der Waals surface area (Å²) in [6.45, 7) is 5.85. The highest BCUT2D eigenvalue weighted by atomic mass is 19.4. The van der Waals surface area contributed by atoms with Crippen molar-refractivity contribution in [2.45, 2.75) is 45.4 Å². The van der Waals surface area contributed by atoms with Crippen LogP contribution in [-0.2, 0) is 17.3 Å². The molecule has 1 N–H and O–H groups in total. The first-order valence-electron chi connectivity index (χ1n) is 10.8. The summed E-state index contributed by atoms with van der Waals surface area (Å²) < 4.78 is 51.7. The number of methoxy groups -OCH3 is 1. The van der Waals surface area contributed by atoms with E-state index < -0.39 is 23.6 Å². The molecule has 0 aliphatic rings. The van der Waals surface area contributed by atoms with Crippen LogP contribution < -0.4 is 10.1 Å². The Hall–Kier alpha value is -3.49. The third-order valence-electron chi connectivity index (χ3n) is 4.88. The summed E-state index contributed by atoms with van der Waals surface area (Å²) in [5, 5.41) is 6.52. The molecule has 1 heterocycles. The molecule has 0 aliphatic heterocycles. The lowest BCUT2D eigenvalue weighted by atomic mass is 10.1. The molecular formula is C25H28F3N3O3. The van der Waals surface area contributed by atoms with Gasteiger partial charge >= 0.3 is 12.3 Å². The first-order valence-corrected chi connectivity index (χ1v) is 10.8. The number of ether oxygens (including phenoxy) is 2. The van der Waals surface area contributed by atoms with E-state index in [-0.39, 0.29) is 0 Å². The summed E-state index contributed by atoms with van der Waals surface area (Å²) in [7, 11) is 1.52. The van der Waals surface area contributed by atoms with Crippen molar-refractivity contribution in [1.29, 1.82) is 0 Å². The molecule has 0 aliphatic carbocycles. The zero-order valence-electron chi connectivity index (χ0n) is 19.6. The van der Waals surface area contributed by atoms with Crippen molar-refractivity contribution >= 4 is 6.09 Å². The molecular weight excluding hydrogens is 447 g/mol. The fourth-order valence-electron chi connectivity index (χ4n) is 3.28. The van der Waals surface area contributed by atoms with E-state index in [1.54, 1.807) is 57.2 Å². The zero-order valence-corrected chi connectivity index (χ0v) is 19.6.